The molecule has 1 N–H and O–H groups in total. The normalized spacial score (nSPS) is 12.2. The van der Waals surface area contributed by atoms with Gasteiger partial charge in [0, 0.05) is 23.4 Å². The summed E-state index contributed by atoms with van der Waals surface area (Å²) in [4.78, 5) is 4.13. The molecule has 16 heavy (non-hydrogen) atoms. The molecule has 0 unspecified atom stereocenters. The van der Waals surface area contributed by atoms with Crippen LogP contribution in [0.4, 0.5) is 0 Å². The maximum Gasteiger partial charge on any atom is 0.0410 e. The molecule has 1 rings (SSSR count). The first-order valence-corrected chi connectivity index (χ1v) is 6.35. The van der Waals surface area contributed by atoms with Crippen molar-refractivity contribution in [2.24, 2.45) is 5.92 Å². The summed E-state index contributed by atoms with van der Waals surface area (Å²) >= 11 is 3.42. The van der Waals surface area contributed by atoms with Gasteiger partial charge in [-0.2, -0.15) is 0 Å². The largest absolute Gasteiger partial charge is 0.313 e. The molecular formula is C13H19BrN2. The van der Waals surface area contributed by atoms with Gasteiger partial charge >= 0.3 is 0 Å². The van der Waals surface area contributed by atoms with Crippen LogP contribution in [0.15, 0.2) is 28.5 Å². The molecule has 0 saturated heterocycles. The Hall–Kier alpha value is -0.670. The van der Waals surface area contributed by atoms with E-state index < -0.39 is 0 Å². The summed E-state index contributed by atoms with van der Waals surface area (Å²) in [5, 5.41) is 3.42. The Labute approximate surface area is 106 Å². The Bertz CT molecular complexity index is 359. The number of rotatable bonds is 5. The van der Waals surface area contributed by atoms with Crippen LogP contribution < -0.4 is 5.32 Å². The molecule has 88 valence electrons. The predicted octanol–water partition coefficient (Wildman–Crippen LogP) is 3.49. The second-order valence-electron chi connectivity index (χ2n) is 4.45. The molecule has 0 bridgehead atoms. The number of aromatic nitrogens is 1. The molecule has 0 saturated carbocycles. The first-order valence-electron chi connectivity index (χ1n) is 5.56. The van der Waals surface area contributed by atoms with Crippen molar-refractivity contribution in [2.45, 2.75) is 20.8 Å². The molecule has 0 amide bonds. The first kappa shape index (κ1) is 13.4. The second-order valence-corrected chi connectivity index (χ2v) is 5.37. The average molecular weight is 283 g/mol. The zero-order valence-corrected chi connectivity index (χ0v) is 11.7. The Balaban J connectivity index is 2.49. The summed E-state index contributed by atoms with van der Waals surface area (Å²) in [7, 11) is 0. The smallest absolute Gasteiger partial charge is 0.0410 e. The van der Waals surface area contributed by atoms with Crippen molar-refractivity contribution in [3.8, 4) is 0 Å². The molecule has 2 nitrogen and oxygen atoms in total. The third-order valence-electron chi connectivity index (χ3n) is 2.10. The van der Waals surface area contributed by atoms with Crippen molar-refractivity contribution < 1.29 is 0 Å². The molecule has 0 radical (unpaired) electrons. The summed E-state index contributed by atoms with van der Waals surface area (Å²) in [6.45, 7) is 8.55. The van der Waals surface area contributed by atoms with Gasteiger partial charge in [-0.3, -0.25) is 4.98 Å². The van der Waals surface area contributed by atoms with E-state index in [1.807, 2.05) is 6.20 Å². The van der Waals surface area contributed by atoms with Crippen LogP contribution in [-0.4, -0.2) is 18.1 Å². The minimum absolute atomic E-state index is 0.695. The van der Waals surface area contributed by atoms with Gasteiger partial charge in [-0.05, 0) is 46.9 Å². The highest BCUT2D eigenvalue weighted by Crippen LogP contribution is 2.12. The number of hydrogen-bond donors (Lipinski definition) is 1. The molecule has 0 aromatic carbocycles. The molecule has 3 heteroatoms. The number of pyridine rings is 1. The van der Waals surface area contributed by atoms with Crippen LogP contribution in [0.2, 0.25) is 0 Å². The number of nitrogens with one attached hydrogen (secondary N) is 1. The lowest BCUT2D eigenvalue weighted by Crippen LogP contribution is -2.21. The van der Waals surface area contributed by atoms with Crippen LogP contribution in [0.3, 0.4) is 0 Å². The Morgan fingerprint density at radius 2 is 2.25 bits per heavy atom. The summed E-state index contributed by atoms with van der Waals surface area (Å²) in [6.07, 6.45) is 5.82. The van der Waals surface area contributed by atoms with E-state index in [0.717, 1.165) is 23.1 Å². The van der Waals surface area contributed by atoms with E-state index in [1.165, 1.54) is 5.57 Å². The quantitative estimate of drug-likeness (QED) is 0.894. The van der Waals surface area contributed by atoms with E-state index in [9.17, 15) is 0 Å². The molecule has 0 aliphatic rings. The van der Waals surface area contributed by atoms with E-state index in [2.05, 4.69) is 59.1 Å². The zero-order chi connectivity index (χ0) is 12.0. The number of halogens is 1. The average Bonchev–Trinajstić information content (AvgIpc) is 2.16. The van der Waals surface area contributed by atoms with Gasteiger partial charge in [-0.15, -0.1) is 0 Å². The highest BCUT2D eigenvalue weighted by atomic mass is 79.9. The van der Waals surface area contributed by atoms with E-state index in [1.54, 1.807) is 6.20 Å². The fourth-order valence-corrected chi connectivity index (χ4v) is 1.78. The van der Waals surface area contributed by atoms with Crippen LogP contribution in [0, 0.1) is 5.92 Å². The van der Waals surface area contributed by atoms with Gasteiger partial charge in [-0.25, -0.2) is 0 Å². The topological polar surface area (TPSA) is 24.9 Å². The summed E-state index contributed by atoms with van der Waals surface area (Å²) in [5.41, 5.74) is 2.46. The van der Waals surface area contributed by atoms with Gasteiger partial charge in [0.1, 0.15) is 0 Å². The van der Waals surface area contributed by atoms with Gasteiger partial charge in [-0.1, -0.05) is 25.5 Å². The molecule has 1 aromatic rings. The van der Waals surface area contributed by atoms with Gasteiger partial charge in [0.2, 0.25) is 0 Å². The molecular weight excluding hydrogens is 264 g/mol. The molecule has 0 spiro atoms. The lowest BCUT2D eigenvalue weighted by molar-refractivity contribution is 0.572. The molecule has 1 heterocycles. The van der Waals surface area contributed by atoms with Gasteiger partial charge in [0.25, 0.3) is 0 Å². The van der Waals surface area contributed by atoms with Crippen LogP contribution in [-0.2, 0) is 0 Å². The van der Waals surface area contributed by atoms with Crippen molar-refractivity contribution in [3.63, 3.8) is 0 Å². The Morgan fingerprint density at radius 1 is 1.50 bits per heavy atom. The van der Waals surface area contributed by atoms with Crippen LogP contribution in [0.1, 0.15) is 26.3 Å². The van der Waals surface area contributed by atoms with Gasteiger partial charge in [0.05, 0.1) is 0 Å². The van der Waals surface area contributed by atoms with Crippen molar-refractivity contribution in [2.75, 3.05) is 13.1 Å². The van der Waals surface area contributed by atoms with Gasteiger partial charge in [0.15, 0.2) is 0 Å². The fourth-order valence-electron chi connectivity index (χ4n) is 1.40. The van der Waals surface area contributed by atoms with E-state index in [-0.39, 0.29) is 0 Å². The second kappa shape index (κ2) is 6.81. The molecule has 1 aromatic heterocycles. The SMILES string of the molecule is C/C(=C\c1cncc(Br)c1)CNCC(C)C. The zero-order valence-electron chi connectivity index (χ0n) is 10.1. The molecule has 0 aliphatic heterocycles. The van der Waals surface area contributed by atoms with Crippen LogP contribution >= 0.6 is 15.9 Å². The van der Waals surface area contributed by atoms with E-state index in [4.69, 9.17) is 0 Å². The molecule has 0 fully saturated rings. The monoisotopic (exact) mass is 282 g/mol. The highest BCUT2D eigenvalue weighted by molar-refractivity contribution is 9.10. The molecule has 0 atom stereocenters. The summed E-state index contributed by atoms with van der Waals surface area (Å²) in [6, 6.07) is 2.07. The van der Waals surface area contributed by atoms with E-state index >= 15 is 0 Å². The number of hydrogen-bond acceptors (Lipinski definition) is 2. The van der Waals surface area contributed by atoms with Crippen LogP contribution in [0.25, 0.3) is 6.08 Å². The Morgan fingerprint density at radius 3 is 2.88 bits per heavy atom. The first-order chi connectivity index (χ1) is 7.58. The minimum atomic E-state index is 0.695. The third kappa shape index (κ3) is 5.42. The van der Waals surface area contributed by atoms with Crippen molar-refractivity contribution in [3.05, 3.63) is 34.1 Å². The van der Waals surface area contributed by atoms with E-state index in [0.29, 0.717) is 5.92 Å². The van der Waals surface area contributed by atoms with Crippen molar-refractivity contribution in [1.82, 2.24) is 10.3 Å². The van der Waals surface area contributed by atoms with Crippen LogP contribution in [0.5, 0.6) is 0 Å². The fraction of sp³-hybridized carbons (Fsp3) is 0.462. The Kier molecular flexibility index (Phi) is 5.71. The lowest BCUT2D eigenvalue weighted by atomic mass is 10.2. The number of nitrogens with zero attached hydrogens (tertiary/aromatic N) is 1. The summed E-state index contributed by atoms with van der Waals surface area (Å²) < 4.78 is 1.02. The summed E-state index contributed by atoms with van der Waals surface area (Å²) in [5.74, 6) is 0.695. The predicted molar refractivity (Wildman–Crippen MR) is 73.3 cm³/mol. The van der Waals surface area contributed by atoms with Crippen molar-refractivity contribution in [1.29, 1.82) is 0 Å². The van der Waals surface area contributed by atoms with Crippen molar-refractivity contribution >= 4 is 22.0 Å². The molecule has 0 aliphatic carbocycles. The minimum Gasteiger partial charge on any atom is -0.313 e. The van der Waals surface area contributed by atoms with Gasteiger partial charge < -0.3 is 5.32 Å². The maximum absolute atomic E-state index is 4.13. The third-order valence-corrected chi connectivity index (χ3v) is 2.53. The maximum atomic E-state index is 4.13. The lowest BCUT2D eigenvalue weighted by Gasteiger charge is -2.07. The highest BCUT2D eigenvalue weighted by Gasteiger charge is 1.95. The standard InChI is InChI=1S/C13H19BrN2/c1-10(2)6-15-7-11(3)4-12-5-13(14)9-16-8-12/h4-5,8-10,15H,6-7H2,1-3H3/b11-4+.